The molecule has 3 saturated heterocycles. The van der Waals surface area contributed by atoms with Gasteiger partial charge in [0.05, 0.1) is 16.6 Å². The van der Waals surface area contributed by atoms with Crippen LogP contribution >= 0.6 is 0 Å². The molecule has 0 saturated carbocycles. The Bertz CT molecular complexity index is 1930. The number of anilines is 1. The molecule has 3 fully saturated rings. The summed E-state index contributed by atoms with van der Waals surface area (Å²) in [6.07, 6.45) is 4.28. The highest BCUT2D eigenvalue weighted by atomic mass is 19.4. The van der Waals surface area contributed by atoms with E-state index in [0.29, 0.717) is 17.7 Å². The molecule has 2 aromatic carbocycles. The Labute approximate surface area is 255 Å². The lowest BCUT2D eigenvalue weighted by Crippen LogP contribution is -2.51. The molecule has 2 bridgehead atoms. The SMILES string of the molecule is C#Cc1c(F)ccc2cc(O)cc(-n3c(C(F)(F)F)cc4c(N5C[C@H]6CC[C@@H](C5)N6)nc(OC[C@@H]5CCCN5C)nc4c3=O)c12. The van der Waals surface area contributed by atoms with Gasteiger partial charge in [0.15, 0.2) is 0 Å². The maximum atomic E-state index is 14.9. The van der Waals surface area contributed by atoms with E-state index in [9.17, 15) is 27.5 Å². The number of terminal acetylenes is 1. The Morgan fingerprint density at radius 1 is 1.13 bits per heavy atom. The molecule has 7 rings (SSSR count). The molecule has 2 N–H and O–H groups in total. The molecule has 3 aliphatic heterocycles. The van der Waals surface area contributed by atoms with E-state index in [4.69, 9.17) is 11.2 Å². The predicted octanol–water partition coefficient (Wildman–Crippen LogP) is 4.19. The molecule has 3 aliphatic rings. The lowest BCUT2D eigenvalue weighted by molar-refractivity contribution is -0.142. The van der Waals surface area contributed by atoms with Gasteiger partial charge in [-0.15, -0.1) is 6.42 Å². The number of alkyl halides is 3. The zero-order valence-corrected chi connectivity index (χ0v) is 24.4. The van der Waals surface area contributed by atoms with Crippen molar-refractivity contribution in [3.63, 3.8) is 0 Å². The van der Waals surface area contributed by atoms with Crippen molar-refractivity contribution >= 4 is 27.5 Å². The molecule has 234 valence electrons. The van der Waals surface area contributed by atoms with Gasteiger partial charge < -0.3 is 25.0 Å². The second-order valence-corrected chi connectivity index (χ2v) is 12.0. The third-order valence-corrected chi connectivity index (χ3v) is 9.13. The van der Waals surface area contributed by atoms with Crippen LogP contribution in [0.5, 0.6) is 11.8 Å². The van der Waals surface area contributed by atoms with Gasteiger partial charge in [-0.1, -0.05) is 12.0 Å². The summed E-state index contributed by atoms with van der Waals surface area (Å²) in [5.41, 5.74) is -3.55. The zero-order chi connectivity index (χ0) is 31.6. The number of aromatic hydroxyl groups is 1. The highest BCUT2D eigenvalue weighted by Crippen LogP contribution is 2.39. The van der Waals surface area contributed by atoms with Crippen molar-refractivity contribution in [3.8, 4) is 29.8 Å². The first-order valence-electron chi connectivity index (χ1n) is 14.8. The van der Waals surface area contributed by atoms with E-state index in [1.54, 1.807) is 0 Å². The van der Waals surface area contributed by atoms with Gasteiger partial charge >= 0.3 is 12.2 Å². The van der Waals surface area contributed by atoms with Crippen LogP contribution in [0, 0.1) is 18.2 Å². The van der Waals surface area contributed by atoms with Gasteiger partial charge in [-0.3, -0.25) is 9.36 Å². The van der Waals surface area contributed by atoms with Crippen molar-refractivity contribution in [1.29, 1.82) is 0 Å². The maximum absolute atomic E-state index is 14.9. The number of hydrogen-bond acceptors (Lipinski definition) is 8. The number of ether oxygens (including phenoxy) is 1. The molecule has 13 heteroatoms. The fourth-order valence-corrected chi connectivity index (χ4v) is 6.95. The number of piperazine rings is 1. The van der Waals surface area contributed by atoms with Crippen molar-refractivity contribution in [2.24, 2.45) is 0 Å². The summed E-state index contributed by atoms with van der Waals surface area (Å²) in [5, 5.41) is 14.0. The number of rotatable bonds is 5. The lowest BCUT2D eigenvalue weighted by Gasteiger charge is -2.34. The van der Waals surface area contributed by atoms with Gasteiger partial charge in [0.1, 0.15) is 35.2 Å². The minimum Gasteiger partial charge on any atom is -0.508 e. The smallest absolute Gasteiger partial charge is 0.431 e. The fraction of sp³-hybridized carbons (Fsp3) is 0.406. The van der Waals surface area contributed by atoms with Crippen LogP contribution in [0.25, 0.3) is 27.4 Å². The van der Waals surface area contributed by atoms with E-state index >= 15 is 0 Å². The summed E-state index contributed by atoms with van der Waals surface area (Å²) in [5.74, 6) is 1.08. The lowest BCUT2D eigenvalue weighted by atomic mass is 10.0. The number of hydrogen-bond donors (Lipinski definition) is 2. The molecule has 3 atom stereocenters. The second kappa shape index (κ2) is 10.9. The molecule has 4 aromatic rings. The van der Waals surface area contributed by atoms with Crippen molar-refractivity contribution in [2.75, 3.05) is 38.2 Å². The number of benzene rings is 2. The quantitative estimate of drug-likeness (QED) is 0.253. The van der Waals surface area contributed by atoms with E-state index in [1.807, 2.05) is 11.9 Å². The molecule has 5 heterocycles. The van der Waals surface area contributed by atoms with Crippen LogP contribution in [-0.4, -0.2) is 76.0 Å². The van der Waals surface area contributed by atoms with E-state index in [1.165, 1.54) is 12.1 Å². The highest BCUT2D eigenvalue weighted by molar-refractivity contribution is 5.97. The summed E-state index contributed by atoms with van der Waals surface area (Å²) in [7, 11) is 1.98. The zero-order valence-electron chi connectivity index (χ0n) is 24.4. The second-order valence-electron chi connectivity index (χ2n) is 12.0. The van der Waals surface area contributed by atoms with Crippen molar-refractivity contribution in [3.05, 3.63) is 57.8 Å². The fourth-order valence-electron chi connectivity index (χ4n) is 6.95. The number of nitrogens with zero attached hydrogens (tertiary/aromatic N) is 5. The van der Waals surface area contributed by atoms with Crippen LogP contribution in [0.1, 0.15) is 36.9 Å². The summed E-state index contributed by atoms with van der Waals surface area (Å²) in [6, 6.07) is 5.62. The van der Waals surface area contributed by atoms with Gasteiger partial charge in [-0.2, -0.15) is 23.1 Å². The highest BCUT2D eigenvalue weighted by Gasteiger charge is 2.39. The third kappa shape index (κ3) is 5.11. The maximum Gasteiger partial charge on any atom is 0.431 e. The van der Waals surface area contributed by atoms with Gasteiger partial charge in [0.2, 0.25) is 0 Å². The van der Waals surface area contributed by atoms with Crippen LogP contribution in [0.2, 0.25) is 0 Å². The number of pyridine rings is 1. The van der Waals surface area contributed by atoms with Crippen molar-refractivity contribution in [1.82, 2.24) is 24.8 Å². The summed E-state index contributed by atoms with van der Waals surface area (Å²) in [4.78, 5) is 27.3. The molecule has 0 radical (unpaired) electrons. The van der Waals surface area contributed by atoms with E-state index in [-0.39, 0.29) is 63.8 Å². The number of nitrogens with one attached hydrogen (secondary N) is 1. The number of fused-ring (bicyclic) bond motifs is 4. The minimum absolute atomic E-state index is 0.0805. The molecule has 45 heavy (non-hydrogen) atoms. The molecular weight excluding hydrogens is 592 g/mol. The van der Waals surface area contributed by atoms with Crippen LogP contribution in [0.3, 0.4) is 0 Å². The minimum atomic E-state index is -5.04. The Kier molecular flexibility index (Phi) is 7.09. The van der Waals surface area contributed by atoms with E-state index < -0.39 is 34.7 Å². The van der Waals surface area contributed by atoms with E-state index in [0.717, 1.165) is 50.4 Å². The molecule has 9 nitrogen and oxygen atoms in total. The van der Waals surface area contributed by atoms with Crippen LogP contribution in [0.4, 0.5) is 23.4 Å². The molecule has 2 aromatic heterocycles. The van der Waals surface area contributed by atoms with Gasteiger partial charge in [0, 0.05) is 42.7 Å². The summed E-state index contributed by atoms with van der Waals surface area (Å²) < 4.78 is 65.9. The van der Waals surface area contributed by atoms with Crippen LogP contribution in [-0.2, 0) is 6.18 Å². The number of likely N-dealkylation sites (tertiary alicyclic amines) is 1. The number of phenols is 1. The van der Waals surface area contributed by atoms with Crippen LogP contribution < -0.4 is 20.5 Å². The van der Waals surface area contributed by atoms with Crippen molar-refractivity contribution in [2.45, 2.75) is 50.0 Å². The first-order chi connectivity index (χ1) is 21.5. The first kappa shape index (κ1) is 29.3. The molecular formula is C32H30F4N6O3. The largest absolute Gasteiger partial charge is 0.508 e. The van der Waals surface area contributed by atoms with Crippen molar-refractivity contribution < 1.29 is 27.4 Å². The summed E-state index contributed by atoms with van der Waals surface area (Å²) >= 11 is 0. The average Bonchev–Trinajstić information content (AvgIpc) is 3.57. The standard InChI is InChI=1S/C32H30F4N6O3/c1-3-22-24(33)9-6-17-11-21(43)12-25(27(17)22)42-26(32(34,35)36)13-23-28(30(42)44)38-31(45-16-20-5-4-10-40(20)2)39-29(23)41-14-18-7-8-19(15-41)37-18/h1,6,9,11-13,18-20,37,43H,4-5,7-8,10,14-16H2,2H3/t18-,19+,20-/m0/s1. The molecule has 0 unspecified atom stereocenters. The Hall–Kier alpha value is -4.41. The first-order valence-corrected chi connectivity index (χ1v) is 14.8. The summed E-state index contributed by atoms with van der Waals surface area (Å²) in [6.45, 7) is 2.12. The van der Waals surface area contributed by atoms with Gasteiger partial charge in [-0.05, 0) is 62.9 Å². The number of aromatic nitrogens is 3. The topological polar surface area (TPSA) is 95.8 Å². The number of likely N-dealkylation sites (N-methyl/N-ethyl adjacent to an activating group) is 1. The predicted molar refractivity (Wildman–Crippen MR) is 161 cm³/mol. The Morgan fingerprint density at radius 3 is 2.56 bits per heavy atom. The number of halogens is 4. The Morgan fingerprint density at radius 2 is 1.89 bits per heavy atom. The van der Waals surface area contributed by atoms with Crippen LogP contribution in [0.15, 0.2) is 35.1 Å². The molecule has 0 spiro atoms. The van der Waals surface area contributed by atoms with Gasteiger partial charge in [0.25, 0.3) is 5.56 Å². The normalized spacial score (nSPS) is 22.0. The monoisotopic (exact) mass is 622 g/mol. The molecule has 0 aliphatic carbocycles. The van der Waals surface area contributed by atoms with E-state index in [2.05, 4.69) is 26.1 Å². The average molecular weight is 623 g/mol. The number of phenolic OH excluding ortho intramolecular Hbond substituents is 1. The third-order valence-electron chi connectivity index (χ3n) is 9.13. The molecule has 0 amide bonds. The van der Waals surface area contributed by atoms with Gasteiger partial charge in [-0.25, -0.2) is 4.39 Å². The Balaban J connectivity index is 1.50.